The SMILES string of the molecule is CC1(CNC(=O)c2ccc(C(=O)NCC3(C)CCCCC3O)cc2)CCCCC1O. The molecule has 6 heteroatoms. The first-order valence-electron chi connectivity index (χ1n) is 11.3. The van der Waals surface area contributed by atoms with Crippen molar-refractivity contribution in [2.45, 2.75) is 77.4 Å². The van der Waals surface area contributed by atoms with Crippen LogP contribution in [-0.2, 0) is 0 Å². The van der Waals surface area contributed by atoms with Crippen LogP contribution in [-0.4, -0.2) is 47.3 Å². The van der Waals surface area contributed by atoms with E-state index in [4.69, 9.17) is 0 Å². The van der Waals surface area contributed by atoms with E-state index >= 15 is 0 Å². The van der Waals surface area contributed by atoms with Gasteiger partial charge in [-0.15, -0.1) is 0 Å². The van der Waals surface area contributed by atoms with E-state index in [0.717, 1.165) is 51.4 Å². The summed E-state index contributed by atoms with van der Waals surface area (Å²) in [5.74, 6) is -0.391. The number of benzene rings is 1. The molecule has 6 nitrogen and oxygen atoms in total. The zero-order valence-electron chi connectivity index (χ0n) is 18.2. The lowest BCUT2D eigenvalue weighted by Crippen LogP contribution is -2.45. The molecule has 0 saturated heterocycles. The standard InChI is InChI=1S/C24H36N2O4/c1-23(13-5-3-7-19(23)27)15-25-21(29)17-9-11-18(12-10-17)22(30)26-16-24(2)14-6-4-8-20(24)28/h9-12,19-20,27-28H,3-8,13-16H2,1-2H3,(H,25,29)(H,26,30). The van der Waals surface area contributed by atoms with Crippen molar-refractivity contribution in [3.05, 3.63) is 35.4 Å². The largest absolute Gasteiger partial charge is 0.392 e. The highest BCUT2D eigenvalue weighted by Gasteiger charge is 2.36. The van der Waals surface area contributed by atoms with Gasteiger partial charge >= 0.3 is 0 Å². The third-order valence-corrected chi connectivity index (χ3v) is 7.27. The monoisotopic (exact) mass is 416 g/mol. The predicted octanol–water partition coefficient (Wildman–Crippen LogP) is 3.03. The third kappa shape index (κ3) is 5.22. The van der Waals surface area contributed by atoms with Gasteiger partial charge in [0.2, 0.25) is 0 Å². The minimum Gasteiger partial charge on any atom is -0.392 e. The summed E-state index contributed by atoms with van der Waals surface area (Å²) in [7, 11) is 0. The summed E-state index contributed by atoms with van der Waals surface area (Å²) in [6, 6.07) is 6.62. The molecule has 0 aliphatic heterocycles. The van der Waals surface area contributed by atoms with Crippen LogP contribution in [0.4, 0.5) is 0 Å². The number of hydrogen-bond donors (Lipinski definition) is 4. The molecule has 2 aliphatic rings. The molecule has 0 spiro atoms. The molecule has 4 unspecified atom stereocenters. The van der Waals surface area contributed by atoms with Crippen molar-refractivity contribution in [2.75, 3.05) is 13.1 Å². The van der Waals surface area contributed by atoms with Crippen molar-refractivity contribution in [1.82, 2.24) is 10.6 Å². The van der Waals surface area contributed by atoms with Crippen LogP contribution in [0.25, 0.3) is 0 Å². The minimum absolute atomic E-state index is 0.196. The van der Waals surface area contributed by atoms with E-state index in [2.05, 4.69) is 10.6 Å². The Hall–Kier alpha value is -1.92. The molecular formula is C24H36N2O4. The zero-order valence-corrected chi connectivity index (χ0v) is 18.2. The molecule has 2 saturated carbocycles. The highest BCUT2D eigenvalue weighted by molar-refractivity contribution is 5.97. The molecule has 1 aromatic carbocycles. The first-order chi connectivity index (χ1) is 14.2. The smallest absolute Gasteiger partial charge is 0.251 e. The van der Waals surface area contributed by atoms with E-state index in [1.807, 2.05) is 13.8 Å². The zero-order chi connectivity index (χ0) is 21.8. The molecule has 4 N–H and O–H groups in total. The number of amides is 2. The number of rotatable bonds is 6. The first kappa shape index (κ1) is 22.8. The molecule has 0 heterocycles. The van der Waals surface area contributed by atoms with E-state index in [1.165, 1.54) is 0 Å². The summed E-state index contributed by atoms with van der Waals surface area (Å²) in [6.45, 7) is 4.93. The van der Waals surface area contributed by atoms with E-state index in [0.29, 0.717) is 24.2 Å². The average Bonchev–Trinajstić information content (AvgIpc) is 2.75. The molecule has 0 radical (unpaired) electrons. The number of aliphatic hydroxyl groups is 2. The second-order valence-electron chi connectivity index (χ2n) is 9.77. The molecule has 0 bridgehead atoms. The molecule has 166 valence electrons. The molecule has 1 aromatic rings. The Labute approximate surface area is 179 Å². The van der Waals surface area contributed by atoms with Crippen LogP contribution >= 0.6 is 0 Å². The summed E-state index contributed by atoms with van der Waals surface area (Å²) < 4.78 is 0. The normalized spacial score (nSPS) is 31.7. The Morgan fingerprint density at radius 2 is 1.17 bits per heavy atom. The molecule has 2 aliphatic carbocycles. The lowest BCUT2D eigenvalue weighted by atomic mass is 9.73. The first-order valence-corrected chi connectivity index (χ1v) is 11.3. The second kappa shape index (κ2) is 9.48. The molecular weight excluding hydrogens is 380 g/mol. The Kier molecular flexibility index (Phi) is 7.19. The fourth-order valence-electron chi connectivity index (χ4n) is 4.72. The highest BCUT2D eigenvalue weighted by Crippen LogP contribution is 2.36. The Morgan fingerprint density at radius 1 is 0.800 bits per heavy atom. The van der Waals surface area contributed by atoms with Gasteiger partial charge < -0.3 is 20.8 Å². The van der Waals surface area contributed by atoms with Crippen LogP contribution in [0.1, 0.15) is 85.9 Å². The van der Waals surface area contributed by atoms with Gasteiger partial charge in [0.05, 0.1) is 12.2 Å². The molecule has 2 fully saturated rings. The Balaban J connectivity index is 1.52. The van der Waals surface area contributed by atoms with Crippen LogP contribution in [0.15, 0.2) is 24.3 Å². The lowest BCUT2D eigenvalue weighted by Gasteiger charge is -2.38. The van der Waals surface area contributed by atoms with Crippen LogP contribution < -0.4 is 10.6 Å². The summed E-state index contributed by atoms with van der Waals surface area (Å²) >= 11 is 0. The molecule has 0 aromatic heterocycles. The van der Waals surface area contributed by atoms with Gasteiger partial charge in [-0.3, -0.25) is 9.59 Å². The summed E-state index contributed by atoms with van der Waals surface area (Å²) in [5.41, 5.74) is 0.423. The van der Waals surface area contributed by atoms with Crippen molar-refractivity contribution >= 4 is 11.8 Å². The van der Waals surface area contributed by atoms with Crippen molar-refractivity contribution < 1.29 is 19.8 Å². The number of hydrogen-bond acceptors (Lipinski definition) is 4. The maximum absolute atomic E-state index is 12.5. The predicted molar refractivity (Wildman–Crippen MR) is 116 cm³/mol. The van der Waals surface area contributed by atoms with Crippen LogP contribution in [0, 0.1) is 10.8 Å². The number of carbonyl (C=O) groups excluding carboxylic acids is 2. The van der Waals surface area contributed by atoms with Gasteiger partial charge in [0, 0.05) is 35.0 Å². The van der Waals surface area contributed by atoms with Gasteiger partial charge in [-0.05, 0) is 49.9 Å². The summed E-state index contributed by atoms with van der Waals surface area (Å²) in [4.78, 5) is 25.0. The van der Waals surface area contributed by atoms with Crippen LogP contribution in [0.5, 0.6) is 0 Å². The van der Waals surface area contributed by atoms with Crippen LogP contribution in [0.3, 0.4) is 0 Å². The topological polar surface area (TPSA) is 98.7 Å². The van der Waals surface area contributed by atoms with E-state index < -0.39 is 0 Å². The third-order valence-electron chi connectivity index (χ3n) is 7.27. The van der Waals surface area contributed by atoms with Gasteiger partial charge in [0.25, 0.3) is 11.8 Å². The van der Waals surface area contributed by atoms with Gasteiger partial charge in [0.15, 0.2) is 0 Å². The number of aliphatic hydroxyl groups excluding tert-OH is 2. The number of carbonyl (C=O) groups is 2. The van der Waals surface area contributed by atoms with Gasteiger partial charge in [-0.25, -0.2) is 0 Å². The molecule has 3 rings (SSSR count). The van der Waals surface area contributed by atoms with Gasteiger partial charge in [-0.2, -0.15) is 0 Å². The van der Waals surface area contributed by atoms with Gasteiger partial charge in [0.1, 0.15) is 0 Å². The molecule has 4 atom stereocenters. The summed E-state index contributed by atoms with van der Waals surface area (Å²) in [5, 5.41) is 26.4. The highest BCUT2D eigenvalue weighted by atomic mass is 16.3. The van der Waals surface area contributed by atoms with E-state index in [-0.39, 0.29) is 34.9 Å². The van der Waals surface area contributed by atoms with Crippen molar-refractivity contribution in [3.63, 3.8) is 0 Å². The van der Waals surface area contributed by atoms with Crippen molar-refractivity contribution in [2.24, 2.45) is 10.8 Å². The molecule has 30 heavy (non-hydrogen) atoms. The van der Waals surface area contributed by atoms with Crippen molar-refractivity contribution in [1.29, 1.82) is 0 Å². The minimum atomic E-state index is -0.387. The lowest BCUT2D eigenvalue weighted by molar-refractivity contribution is 0.00172. The Bertz CT molecular complexity index is 687. The molecule has 2 amide bonds. The quantitative estimate of drug-likeness (QED) is 0.573. The number of nitrogens with one attached hydrogen (secondary N) is 2. The van der Waals surface area contributed by atoms with E-state index in [9.17, 15) is 19.8 Å². The maximum Gasteiger partial charge on any atom is 0.251 e. The fourth-order valence-corrected chi connectivity index (χ4v) is 4.72. The summed E-state index contributed by atoms with van der Waals surface area (Å²) in [6.07, 6.45) is 6.82. The Morgan fingerprint density at radius 3 is 1.50 bits per heavy atom. The van der Waals surface area contributed by atoms with Crippen molar-refractivity contribution in [3.8, 4) is 0 Å². The second-order valence-corrected chi connectivity index (χ2v) is 9.77. The van der Waals surface area contributed by atoms with Crippen LogP contribution in [0.2, 0.25) is 0 Å². The van der Waals surface area contributed by atoms with E-state index in [1.54, 1.807) is 24.3 Å². The fraction of sp³-hybridized carbons (Fsp3) is 0.667. The average molecular weight is 417 g/mol. The maximum atomic E-state index is 12.5. The van der Waals surface area contributed by atoms with Gasteiger partial charge in [-0.1, -0.05) is 39.5 Å².